The van der Waals surface area contributed by atoms with Crippen LogP contribution in [-0.2, 0) is 4.74 Å². The SMILES string of the molecule is COC[C@H](c1ccccn1)N(C)C(=O)c1cc(-c2ccccn2)n[nH]1. The van der Waals surface area contributed by atoms with Gasteiger partial charge in [-0.1, -0.05) is 12.1 Å². The summed E-state index contributed by atoms with van der Waals surface area (Å²) < 4.78 is 5.27. The van der Waals surface area contributed by atoms with E-state index in [0.29, 0.717) is 23.7 Å². The number of amides is 1. The molecule has 128 valence electrons. The number of nitrogens with zero attached hydrogens (tertiary/aromatic N) is 4. The van der Waals surface area contributed by atoms with Crippen molar-refractivity contribution < 1.29 is 9.53 Å². The third-order valence-corrected chi connectivity index (χ3v) is 3.88. The fraction of sp³-hybridized carbons (Fsp3) is 0.222. The number of methoxy groups -OCH3 is 1. The van der Waals surface area contributed by atoms with E-state index >= 15 is 0 Å². The van der Waals surface area contributed by atoms with Crippen molar-refractivity contribution >= 4 is 5.91 Å². The summed E-state index contributed by atoms with van der Waals surface area (Å²) in [5.41, 5.74) is 2.49. The number of hydrogen-bond acceptors (Lipinski definition) is 5. The molecule has 0 aliphatic carbocycles. The molecular weight excluding hydrogens is 318 g/mol. The second kappa shape index (κ2) is 7.67. The van der Waals surface area contributed by atoms with E-state index in [1.807, 2.05) is 36.4 Å². The summed E-state index contributed by atoms with van der Waals surface area (Å²) in [5, 5.41) is 6.98. The molecule has 3 heterocycles. The monoisotopic (exact) mass is 337 g/mol. The number of H-pyrrole nitrogens is 1. The Morgan fingerprint density at radius 1 is 1.16 bits per heavy atom. The molecule has 0 saturated carbocycles. The number of hydrogen-bond donors (Lipinski definition) is 1. The third kappa shape index (κ3) is 3.72. The van der Waals surface area contributed by atoms with E-state index in [0.717, 1.165) is 5.69 Å². The van der Waals surface area contributed by atoms with Crippen molar-refractivity contribution in [2.24, 2.45) is 0 Å². The number of carbonyl (C=O) groups is 1. The van der Waals surface area contributed by atoms with Gasteiger partial charge >= 0.3 is 0 Å². The standard InChI is InChI=1S/C18H19N5O2/c1-23(17(12-25-2)14-8-4-6-10-20-14)18(24)16-11-15(21-22-16)13-7-3-5-9-19-13/h3-11,17H,12H2,1-2H3,(H,21,22)/t17-/m1/s1. The number of nitrogens with one attached hydrogen (secondary N) is 1. The summed E-state index contributed by atoms with van der Waals surface area (Å²) in [7, 11) is 3.33. The van der Waals surface area contributed by atoms with Crippen molar-refractivity contribution in [1.29, 1.82) is 0 Å². The molecule has 3 rings (SSSR count). The smallest absolute Gasteiger partial charge is 0.272 e. The molecule has 1 atom stereocenters. The van der Waals surface area contributed by atoms with Crippen LogP contribution in [0.25, 0.3) is 11.4 Å². The van der Waals surface area contributed by atoms with Gasteiger partial charge in [0.05, 0.1) is 24.0 Å². The molecule has 1 N–H and O–H groups in total. The van der Waals surface area contributed by atoms with E-state index in [4.69, 9.17) is 4.74 Å². The first-order valence-corrected chi connectivity index (χ1v) is 7.84. The molecule has 3 aromatic rings. The molecular formula is C18H19N5O2. The Kier molecular flexibility index (Phi) is 5.15. The number of aromatic amines is 1. The Balaban J connectivity index is 1.83. The highest BCUT2D eigenvalue weighted by Gasteiger charge is 2.25. The average molecular weight is 337 g/mol. The number of carbonyl (C=O) groups excluding carboxylic acids is 1. The molecule has 0 aliphatic rings. The number of aromatic nitrogens is 4. The minimum atomic E-state index is -0.291. The van der Waals surface area contributed by atoms with E-state index in [2.05, 4.69) is 20.2 Å². The van der Waals surface area contributed by atoms with Gasteiger partial charge in [0.2, 0.25) is 0 Å². The van der Waals surface area contributed by atoms with Gasteiger partial charge in [-0.2, -0.15) is 5.10 Å². The molecule has 0 bridgehead atoms. The van der Waals surface area contributed by atoms with Crippen molar-refractivity contribution in [3.8, 4) is 11.4 Å². The summed E-state index contributed by atoms with van der Waals surface area (Å²) in [6.07, 6.45) is 3.39. The summed E-state index contributed by atoms with van der Waals surface area (Å²) in [6.45, 7) is 0.348. The minimum Gasteiger partial charge on any atom is -0.382 e. The van der Waals surface area contributed by atoms with E-state index in [9.17, 15) is 4.79 Å². The van der Waals surface area contributed by atoms with Crippen molar-refractivity contribution in [3.05, 3.63) is 66.2 Å². The quantitative estimate of drug-likeness (QED) is 0.746. The number of pyridine rings is 2. The van der Waals surface area contributed by atoms with Gasteiger partial charge in [0.1, 0.15) is 11.4 Å². The van der Waals surface area contributed by atoms with Crippen LogP contribution in [0, 0.1) is 0 Å². The number of likely N-dealkylation sites (N-methyl/N-ethyl adjacent to an activating group) is 1. The first kappa shape index (κ1) is 16.8. The van der Waals surface area contributed by atoms with Crippen LogP contribution < -0.4 is 0 Å². The molecule has 0 saturated heterocycles. The van der Waals surface area contributed by atoms with Gasteiger partial charge in [-0.25, -0.2) is 0 Å². The normalized spacial score (nSPS) is 11.9. The molecule has 3 aromatic heterocycles. The van der Waals surface area contributed by atoms with Gasteiger partial charge in [-0.3, -0.25) is 19.9 Å². The zero-order valence-corrected chi connectivity index (χ0v) is 14.1. The highest BCUT2D eigenvalue weighted by atomic mass is 16.5. The van der Waals surface area contributed by atoms with E-state index < -0.39 is 0 Å². The molecule has 0 unspecified atom stereocenters. The lowest BCUT2D eigenvalue weighted by molar-refractivity contribution is 0.0589. The number of rotatable bonds is 6. The molecule has 0 radical (unpaired) electrons. The Morgan fingerprint density at radius 2 is 1.92 bits per heavy atom. The molecule has 0 spiro atoms. The Bertz CT molecular complexity index is 820. The van der Waals surface area contributed by atoms with Crippen molar-refractivity contribution in [3.63, 3.8) is 0 Å². The number of ether oxygens (including phenoxy) is 1. The van der Waals surface area contributed by atoms with Gasteiger partial charge in [0.25, 0.3) is 5.91 Å². The van der Waals surface area contributed by atoms with Crippen molar-refractivity contribution in [2.75, 3.05) is 20.8 Å². The minimum absolute atomic E-state index is 0.192. The summed E-state index contributed by atoms with van der Waals surface area (Å²) in [5.74, 6) is -0.192. The lowest BCUT2D eigenvalue weighted by atomic mass is 10.1. The third-order valence-electron chi connectivity index (χ3n) is 3.88. The first-order valence-electron chi connectivity index (χ1n) is 7.84. The topological polar surface area (TPSA) is 84.0 Å². The predicted molar refractivity (Wildman–Crippen MR) is 92.8 cm³/mol. The lowest BCUT2D eigenvalue weighted by Gasteiger charge is -2.26. The van der Waals surface area contributed by atoms with Crippen LogP contribution in [-0.4, -0.2) is 51.7 Å². The van der Waals surface area contributed by atoms with Crippen LogP contribution in [0.3, 0.4) is 0 Å². The van der Waals surface area contributed by atoms with Crippen LogP contribution in [0.15, 0.2) is 54.9 Å². The lowest BCUT2D eigenvalue weighted by Crippen LogP contribution is -2.34. The van der Waals surface area contributed by atoms with Gasteiger partial charge < -0.3 is 9.64 Å². The van der Waals surface area contributed by atoms with E-state index in [-0.39, 0.29) is 11.9 Å². The molecule has 7 heteroatoms. The van der Waals surface area contributed by atoms with Crippen molar-refractivity contribution in [2.45, 2.75) is 6.04 Å². The molecule has 0 aliphatic heterocycles. The zero-order valence-electron chi connectivity index (χ0n) is 14.1. The fourth-order valence-corrected chi connectivity index (χ4v) is 2.53. The second-order valence-corrected chi connectivity index (χ2v) is 5.52. The predicted octanol–water partition coefficient (Wildman–Crippen LogP) is 2.33. The Hall–Kier alpha value is -3.06. The second-order valence-electron chi connectivity index (χ2n) is 5.52. The van der Waals surface area contributed by atoms with Gasteiger partial charge in [-0.05, 0) is 30.3 Å². The first-order chi connectivity index (χ1) is 12.2. The molecule has 1 amide bonds. The Labute approximate surface area is 145 Å². The van der Waals surface area contributed by atoms with Crippen LogP contribution >= 0.6 is 0 Å². The van der Waals surface area contributed by atoms with E-state index in [1.165, 1.54) is 0 Å². The molecule has 7 nitrogen and oxygen atoms in total. The van der Waals surface area contributed by atoms with E-state index in [1.54, 1.807) is 37.5 Å². The average Bonchev–Trinajstić information content (AvgIpc) is 3.16. The van der Waals surface area contributed by atoms with Crippen LogP contribution in [0.4, 0.5) is 0 Å². The zero-order chi connectivity index (χ0) is 17.6. The summed E-state index contributed by atoms with van der Waals surface area (Å²) in [6, 6.07) is 12.6. The molecule has 0 fully saturated rings. The highest BCUT2D eigenvalue weighted by Crippen LogP contribution is 2.21. The maximum Gasteiger partial charge on any atom is 0.272 e. The van der Waals surface area contributed by atoms with Gasteiger partial charge in [0.15, 0.2) is 0 Å². The largest absolute Gasteiger partial charge is 0.382 e. The van der Waals surface area contributed by atoms with Crippen LogP contribution in [0.1, 0.15) is 22.2 Å². The van der Waals surface area contributed by atoms with Crippen LogP contribution in [0.5, 0.6) is 0 Å². The fourth-order valence-electron chi connectivity index (χ4n) is 2.53. The Morgan fingerprint density at radius 3 is 2.56 bits per heavy atom. The van der Waals surface area contributed by atoms with Gasteiger partial charge in [0, 0.05) is 26.6 Å². The summed E-state index contributed by atoms with van der Waals surface area (Å²) >= 11 is 0. The maximum atomic E-state index is 12.8. The van der Waals surface area contributed by atoms with Gasteiger partial charge in [-0.15, -0.1) is 0 Å². The maximum absolute atomic E-state index is 12.8. The van der Waals surface area contributed by atoms with Crippen LogP contribution in [0.2, 0.25) is 0 Å². The molecule has 25 heavy (non-hydrogen) atoms. The van der Waals surface area contributed by atoms with Crippen molar-refractivity contribution in [1.82, 2.24) is 25.1 Å². The molecule has 0 aromatic carbocycles. The summed E-state index contributed by atoms with van der Waals surface area (Å²) in [4.78, 5) is 23.0. The highest BCUT2D eigenvalue weighted by molar-refractivity contribution is 5.93.